The maximum absolute atomic E-state index is 13.1. The third-order valence-corrected chi connectivity index (χ3v) is 3.33. The van der Waals surface area contributed by atoms with Crippen molar-refractivity contribution in [2.75, 3.05) is 0 Å². The van der Waals surface area contributed by atoms with Crippen LogP contribution in [-0.4, -0.2) is 16.0 Å². The second-order valence-electron chi connectivity index (χ2n) is 5.07. The highest BCUT2D eigenvalue weighted by atomic mass is 19.1. The number of nitrogens with zero attached hydrogens (tertiary/aromatic N) is 2. The van der Waals surface area contributed by atoms with Gasteiger partial charge in [0.15, 0.2) is 0 Å². The number of benzene rings is 1. The van der Waals surface area contributed by atoms with Gasteiger partial charge >= 0.3 is 0 Å². The summed E-state index contributed by atoms with van der Waals surface area (Å²) in [6.45, 7) is 3.77. The van der Waals surface area contributed by atoms with Crippen molar-refractivity contribution in [1.82, 2.24) is 15.5 Å². The lowest BCUT2D eigenvalue weighted by Gasteiger charge is -2.07. The molecule has 0 saturated heterocycles. The van der Waals surface area contributed by atoms with Gasteiger partial charge in [0.25, 0.3) is 11.6 Å². The van der Waals surface area contributed by atoms with Crippen LogP contribution in [-0.2, 0) is 6.54 Å². The molecule has 112 valence electrons. The number of halogens is 1. The van der Waals surface area contributed by atoms with E-state index in [1.165, 1.54) is 12.1 Å². The highest BCUT2D eigenvalue weighted by Crippen LogP contribution is 2.21. The van der Waals surface area contributed by atoms with Gasteiger partial charge in [-0.1, -0.05) is 17.3 Å². The minimum absolute atomic E-state index is 0.240. The molecule has 2 heterocycles. The summed E-state index contributed by atoms with van der Waals surface area (Å²) in [6.07, 6.45) is 0. The Labute approximate surface area is 126 Å². The van der Waals surface area contributed by atoms with Crippen LogP contribution in [0.4, 0.5) is 4.39 Å². The Balaban J connectivity index is 1.87. The maximum atomic E-state index is 13.1. The Kier molecular flexibility index (Phi) is 3.58. The van der Waals surface area contributed by atoms with Gasteiger partial charge in [-0.05, 0) is 37.6 Å². The van der Waals surface area contributed by atoms with E-state index in [4.69, 9.17) is 4.52 Å². The van der Waals surface area contributed by atoms with Crippen LogP contribution in [0.1, 0.15) is 27.3 Å². The number of carbonyl (C=O) groups excluding carboxylic acids is 1. The van der Waals surface area contributed by atoms with E-state index in [2.05, 4.69) is 15.5 Å². The molecule has 0 spiro atoms. The molecule has 0 aliphatic carbocycles. The van der Waals surface area contributed by atoms with Crippen LogP contribution in [0.25, 0.3) is 11.1 Å². The number of carbonyl (C=O) groups is 1. The first-order chi connectivity index (χ1) is 10.5. The standard InChI is InChI=1S/C16H14FN3O2/c1-9-6-13(14-10(2)20-22-16(14)19-9)15(21)18-8-11-4-3-5-12(17)7-11/h3-7H,8H2,1-2H3,(H,18,21). The van der Waals surface area contributed by atoms with Crippen molar-refractivity contribution in [3.05, 3.63) is 58.7 Å². The molecule has 0 aliphatic rings. The molecule has 0 saturated carbocycles. The van der Waals surface area contributed by atoms with Crippen LogP contribution in [0.2, 0.25) is 0 Å². The van der Waals surface area contributed by atoms with Gasteiger partial charge in [0, 0.05) is 12.2 Å². The fourth-order valence-corrected chi connectivity index (χ4v) is 2.32. The van der Waals surface area contributed by atoms with Crippen molar-refractivity contribution in [1.29, 1.82) is 0 Å². The number of fused-ring (bicyclic) bond motifs is 1. The van der Waals surface area contributed by atoms with E-state index in [-0.39, 0.29) is 18.3 Å². The first-order valence-electron chi connectivity index (χ1n) is 6.81. The monoisotopic (exact) mass is 299 g/mol. The predicted octanol–water partition coefficient (Wildman–Crippen LogP) is 2.91. The zero-order chi connectivity index (χ0) is 15.7. The second-order valence-corrected chi connectivity index (χ2v) is 5.07. The smallest absolute Gasteiger partial charge is 0.258 e. The molecule has 0 aliphatic heterocycles. The van der Waals surface area contributed by atoms with Gasteiger partial charge in [-0.3, -0.25) is 4.79 Å². The average molecular weight is 299 g/mol. The lowest BCUT2D eigenvalue weighted by atomic mass is 10.1. The lowest BCUT2D eigenvalue weighted by molar-refractivity contribution is 0.0952. The molecule has 22 heavy (non-hydrogen) atoms. The predicted molar refractivity (Wildman–Crippen MR) is 78.8 cm³/mol. The van der Waals surface area contributed by atoms with Crippen molar-refractivity contribution < 1.29 is 13.7 Å². The average Bonchev–Trinajstić information content (AvgIpc) is 2.85. The summed E-state index contributed by atoms with van der Waals surface area (Å²) in [7, 11) is 0. The summed E-state index contributed by atoms with van der Waals surface area (Å²) in [5.74, 6) is -0.602. The number of aromatic nitrogens is 2. The van der Waals surface area contributed by atoms with Crippen molar-refractivity contribution in [3.63, 3.8) is 0 Å². The summed E-state index contributed by atoms with van der Waals surface area (Å²) in [5.41, 5.74) is 2.77. The third-order valence-electron chi connectivity index (χ3n) is 3.33. The Morgan fingerprint density at radius 1 is 1.32 bits per heavy atom. The molecule has 2 aromatic heterocycles. The zero-order valence-corrected chi connectivity index (χ0v) is 12.2. The number of pyridine rings is 1. The van der Waals surface area contributed by atoms with E-state index >= 15 is 0 Å². The molecule has 5 nitrogen and oxygen atoms in total. The van der Waals surface area contributed by atoms with Gasteiger partial charge < -0.3 is 9.84 Å². The highest BCUT2D eigenvalue weighted by molar-refractivity contribution is 6.05. The van der Waals surface area contributed by atoms with Gasteiger partial charge in [-0.2, -0.15) is 0 Å². The molecular weight excluding hydrogens is 285 g/mol. The summed E-state index contributed by atoms with van der Waals surface area (Å²) in [4.78, 5) is 16.6. The zero-order valence-electron chi connectivity index (χ0n) is 12.2. The van der Waals surface area contributed by atoms with Crippen LogP contribution in [0, 0.1) is 19.7 Å². The summed E-state index contributed by atoms with van der Waals surface area (Å²) in [6, 6.07) is 7.80. The van der Waals surface area contributed by atoms with E-state index in [1.807, 2.05) is 0 Å². The normalized spacial score (nSPS) is 10.9. The first kappa shape index (κ1) is 14.2. The van der Waals surface area contributed by atoms with Crippen LogP contribution in [0.5, 0.6) is 0 Å². The van der Waals surface area contributed by atoms with Crippen LogP contribution < -0.4 is 5.32 Å². The van der Waals surface area contributed by atoms with Gasteiger partial charge in [0.2, 0.25) is 0 Å². The molecular formula is C16H14FN3O2. The Morgan fingerprint density at radius 2 is 2.14 bits per heavy atom. The number of rotatable bonds is 3. The molecule has 0 bridgehead atoms. The topological polar surface area (TPSA) is 68.0 Å². The van der Waals surface area contributed by atoms with E-state index in [0.717, 1.165) is 0 Å². The summed E-state index contributed by atoms with van der Waals surface area (Å²) in [5, 5.41) is 7.22. The molecule has 0 fully saturated rings. The summed E-state index contributed by atoms with van der Waals surface area (Å²) >= 11 is 0. The minimum atomic E-state index is -0.330. The molecule has 0 atom stereocenters. The number of aryl methyl sites for hydroxylation is 2. The van der Waals surface area contributed by atoms with E-state index in [9.17, 15) is 9.18 Å². The van der Waals surface area contributed by atoms with Gasteiger partial charge in [0.05, 0.1) is 16.6 Å². The van der Waals surface area contributed by atoms with Crippen molar-refractivity contribution in [2.24, 2.45) is 0 Å². The molecule has 1 N–H and O–H groups in total. The third kappa shape index (κ3) is 2.67. The van der Waals surface area contributed by atoms with Crippen LogP contribution >= 0.6 is 0 Å². The number of hydrogen-bond acceptors (Lipinski definition) is 4. The molecule has 3 rings (SSSR count). The van der Waals surface area contributed by atoms with Crippen molar-refractivity contribution in [3.8, 4) is 0 Å². The van der Waals surface area contributed by atoms with E-state index < -0.39 is 0 Å². The SMILES string of the molecule is Cc1cc(C(=O)NCc2cccc(F)c2)c2c(C)noc2n1. The highest BCUT2D eigenvalue weighted by Gasteiger charge is 2.17. The maximum Gasteiger partial charge on any atom is 0.258 e. The molecule has 6 heteroatoms. The lowest BCUT2D eigenvalue weighted by Crippen LogP contribution is -2.23. The van der Waals surface area contributed by atoms with Gasteiger partial charge in [-0.15, -0.1) is 0 Å². The number of amides is 1. The molecule has 0 radical (unpaired) electrons. The quantitative estimate of drug-likeness (QED) is 0.807. The van der Waals surface area contributed by atoms with E-state index in [1.54, 1.807) is 32.0 Å². The van der Waals surface area contributed by atoms with Gasteiger partial charge in [-0.25, -0.2) is 9.37 Å². The molecule has 0 unspecified atom stereocenters. The fourth-order valence-electron chi connectivity index (χ4n) is 2.32. The second kappa shape index (κ2) is 5.55. The fraction of sp³-hybridized carbons (Fsp3) is 0.188. The Morgan fingerprint density at radius 3 is 2.91 bits per heavy atom. The van der Waals surface area contributed by atoms with Gasteiger partial charge in [0.1, 0.15) is 5.82 Å². The van der Waals surface area contributed by atoms with Crippen molar-refractivity contribution >= 4 is 17.0 Å². The largest absolute Gasteiger partial charge is 0.348 e. The number of nitrogens with one attached hydrogen (secondary N) is 1. The first-order valence-corrected chi connectivity index (χ1v) is 6.81. The van der Waals surface area contributed by atoms with Crippen LogP contribution in [0.3, 0.4) is 0 Å². The van der Waals surface area contributed by atoms with Crippen molar-refractivity contribution in [2.45, 2.75) is 20.4 Å². The Hall–Kier alpha value is -2.76. The molecule has 1 amide bonds. The Bertz CT molecular complexity index is 858. The molecule has 3 aromatic rings. The minimum Gasteiger partial charge on any atom is -0.348 e. The number of hydrogen-bond donors (Lipinski definition) is 1. The molecule has 1 aromatic carbocycles. The van der Waals surface area contributed by atoms with Crippen LogP contribution in [0.15, 0.2) is 34.9 Å². The summed E-state index contributed by atoms with van der Waals surface area (Å²) < 4.78 is 18.3. The van der Waals surface area contributed by atoms with E-state index in [0.29, 0.717) is 33.6 Å².